The molecule has 19 heavy (non-hydrogen) atoms. The second kappa shape index (κ2) is 5.22. The highest BCUT2D eigenvalue weighted by atomic mass is 19.1. The first-order valence-electron chi connectivity index (χ1n) is 6.10. The van der Waals surface area contributed by atoms with Gasteiger partial charge < -0.3 is 4.90 Å². The van der Waals surface area contributed by atoms with E-state index in [9.17, 15) is 9.18 Å². The standard InChI is InChI=1S/C14H16FN3O/c1-4-18(12-7-5-11(15)6-8-12)14-13(9-19)10(2)16-17(14)3/h5-9H,4H2,1-3H3. The predicted octanol–water partition coefficient (Wildman–Crippen LogP) is 2.84. The summed E-state index contributed by atoms with van der Waals surface area (Å²) < 4.78 is 14.7. The Balaban J connectivity index is 2.53. The first-order valence-corrected chi connectivity index (χ1v) is 6.10. The van der Waals surface area contributed by atoms with Crippen LogP contribution in [-0.4, -0.2) is 22.6 Å². The van der Waals surface area contributed by atoms with Crippen LogP contribution in [0, 0.1) is 12.7 Å². The average Bonchev–Trinajstić information content (AvgIpc) is 2.67. The first-order chi connectivity index (χ1) is 9.08. The molecule has 0 aliphatic rings. The number of hydrogen-bond acceptors (Lipinski definition) is 3. The molecule has 0 saturated heterocycles. The molecule has 0 aliphatic heterocycles. The van der Waals surface area contributed by atoms with Gasteiger partial charge in [0.05, 0.1) is 11.3 Å². The molecule has 4 nitrogen and oxygen atoms in total. The first kappa shape index (κ1) is 13.3. The van der Waals surface area contributed by atoms with E-state index in [0.29, 0.717) is 17.8 Å². The highest BCUT2D eigenvalue weighted by Crippen LogP contribution is 2.28. The number of anilines is 2. The molecule has 2 rings (SSSR count). The van der Waals surface area contributed by atoms with Gasteiger partial charge in [0, 0.05) is 19.3 Å². The lowest BCUT2D eigenvalue weighted by Gasteiger charge is -2.23. The summed E-state index contributed by atoms with van der Waals surface area (Å²) in [6, 6.07) is 6.19. The van der Waals surface area contributed by atoms with Crippen molar-refractivity contribution in [1.29, 1.82) is 0 Å². The smallest absolute Gasteiger partial charge is 0.155 e. The monoisotopic (exact) mass is 261 g/mol. The third-order valence-corrected chi connectivity index (χ3v) is 3.07. The Morgan fingerprint density at radius 2 is 2.00 bits per heavy atom. The number of aldehydes is 1. The molecule has 100 valence electrons. The summed E-state index contributed by atoms with van der Waals surface area (Å²) in [6.45, 7) is 4.43. The van der Waals surface area contributed by atoms with Crippen LogP contribution < -0.4 is 4.90 Å². The van der Waals surface area contributed by atoms with Gasteiger partial charge in [-0.1, -0.05) is 0 Å². The molecule has 0 bridgehead atoms. The minimum atomic E-state index is -0.281. The Labute approximate surface area is 111 Å². The molecule has 0 fully saturated rings. The van der Waals surface area contributed by atoms with Crippen molar-refractivity contribution in [2.45, 2.75) is 13.8 Å². The van der Waals surface area contributed by atoms with E-state index >= 15 is 0 Å². The topological polar surface area (TPSA) is 38.1 Å². The molecule has 1 aromatic heterocycles. The summed E-state index contributed by atoms with van der Waals surface area (Å²) in [4.78, 5) is 13.2. The SMILES string of the molecule is CCN(c1ccc(F)cc1)c1c(C=O)c(C)nn1C. The van der Waals surface area contributed by atoms with Crippen LogP contribution in [-0.2, 0) is 7.05 Å². The molecule has 0 amide bonds. The lowest BCUT2D eigenvalue weighted by molar-refractivity contribution is 0.112. The second-order valence-corrected chi connectivity index (χ2v) is 4.28. The summed E-state index contributed by atoms with van der Waals surface area (Å²) in [5.74, 6) is 0.443. The largest absolute Gasteiger partial charge is 0.326 e. The minimum absolute atomic E-state index is 0.281. The molecule has 2 aromatic rings. The molecule has 0 atom stereocenters. The number of halogens is 1. The molecule has 5 heteroatoms. The van der Waals surface area contributed by atoms with Crippen LogP contribution in [0.2, 0.25) is 0 Å². The third-order valence-electron chi connectivity index (χ3n) is 3.07. The van der Waals surface area contributed by atoms with Gasteiger partial charge in [-0.2, -0.15) is 5.10 Å². The van der Waals surface area contributed by atoms with Crippen LogP contribution in [0.15, 0.2) is 24.3 Å². The lowest BCUT2D eigenvalue weighted by Crippen LogP contribution is -2.20. The van der Waals surface area contributed by atoms with Crippen LogP contribution in [0.4, 0.5) is 15.9 Å². The number of aryl methyl sites for hydroxylation is 2. The van der Waals surface area contributed by atoms with Gasteiger partial charge in [-0.15, -0.1) is 0 Å². The highest BCUT2D eigenvalue weighted by molar-refractivity contribution is 5.86. The zero-order chi connectivity index (χ0) is 14.0. The van der Waals surface area contributed by atoms with Gasteiger partial charge in [-0.25, -0.2) is 4.39 Å². The molecule has 0 spiro atoms. The molecular formula is C14H16FN3O. The van der Waals surface area contributed by atoms with Crippen molar-refractivity contribution in [2.75, 3.05) is 11.4 Å². The summed E-state index contributed by atoms with van der Waals surface area (Å²) in [5.41, 5.74) is 2.08. The Morgan fingerprint density at radius 1 is 1.37 bits per heavy atom. The maximum atomic E-state index is 13.0. The van der Waals surface area contributed by atoms with E-state index in [1.165, 1.54) is 12.1 Å². The summed E-state index contributed by atoms with van der Waals surface area (Å²) >= 11 is 0. The van der Waals surface area contributed by atoms with Gasteiger partial charge in [0.25, 0.3) is 0 Å². The normalized spacial score (nSPS) is 10.5. The zero-order valence-corrected chi connectivity index (χ0v) is 11.2. The molecule has 0 saturated carbocycles. The van der Waals surface area contributed by atoms with E-state index in [4.69, 9.17) is 0 Å². The van der Waals surface area contributed by atoms with Crippen molar-refractivity contribution < 1.29 is 9.18 Å². The fourth-order valence-electron chi connectivity index (χ4n) is 2.20. The van der Waals surface area contributed by atoms with E-state index in [1.54, 1.807) is 30.8 Å². The summed E-state index contributed by atoms with van der Waals surface area (Å²) in [5, 5.41) is 4.26. The highest BCUT2D eigenvalue weighted by Gasteiger charge is 2.19. The molecule has 0 radical (unpaired) electrons. The lowest BCUT2D eigenvalue weighted by atomic mass is 10.2. The van der Waals surface area contributed by atoms with Crippen LogP contribution in [0.25, 0.3) is 0 Å². The predicted molar refractivity (Wildman–Crippen MR) is 72.4 cm³/mol. The minimum Gasteiger partial charge on any atom is -0.326 e. The maximum absolute atomic E-state index is 13.0. The molecule has 1 aromatic carbocycles. The van der Waals surface area contributed by atoms with E-state index in [2.05, 4.69) is 5.10 Å². The Bertz CT molecular complexity index is 589. The fraction of sp³-hybridized carbons (Fsp3) is 0.286. The Morgan fingerprint density at radius 3 is 2.53 bits per heavy atom. The van der Waals surface area contributed by atoms with Crippen LogP contribution >= 0.6 is 0 Å². The van der Waals surface area contributed by atoms with Gasteiger partial charge in [0.1, 0.15) is 11.6 Å². The van der Waals surface area contributed by atoms with Crippen molar-refractivity contribution in [3.8, 4) is 0 Å². The van der Waals surface area contributed by atoms with Crippen LogP contribution in [0.1, 0.15) is 23.0 Å². The molecule has 1 heterocycles. The number of hydrogen-bond donors (Lipinski definition) is 0. The van der Waals surface area contributed by atoms with Gasteiger partial charge in [0.15, 0.2) is 6.29 Å². The average molecular weight is 261 g/mol. The number of rotatable bonds is 4. The van der Waals surface area contributed by atoms with Crippen molar-refractivity contribution in [2.24, 2.45) is 7.05 Å². The fourth-order valence-corrected chi connectivity index (χ4v) is 2.20. The second-order valence-electron chi connectivity index (χ2n) is 4.28. The van der Waals surface area contributed by atoms with Crippen molar-refractivity contribution in [1.82, 2.24) is 9.78 Å². The quantitative estimate of drug-likeness (QED) is 0.794. The number of carbonyl (C=O) groups excluding carboxylic acids is 1. The van der Waals surface area contributed by atoms with Crippen molar-refractivity contribution >= 4 is 17.8 Å². The van der Waals surface area contributed by atoms with E-state index < -0.39 is 0 Å². The maximum Gasteiger partial charge on any atom is 0.155 e. The molecule has 0 aliphatic carbocycles. The van der Waals surface area contributed by atoms with Gasteiger partial charge in [-0.3, -0.25) is 9.48 Å². The van der Waals surface area contributed by atoms with Crippen LogP contribution in [0.3, 0.4) is 0 Å². The van der Waals surface area contributed by atoms with E-state index in [1.807, 2.05) is 11.8 Å². The number of nitrogens with zero attached hydrogens (tertiary/aromatic N) is 3. The number of carbonyl (C=O) groups is 1. The van der Waals surface area contributed by atoms with E-state index in [-0.39, 0.29) is 5.82 Å². The van der Waals surface area contributed by atoms with Gasteiger partial charge >= 0.3 is 0 Å². The third kappa shape index (κ3) is 2.36. The van der Waals surface area contributed by atoms with Gasteiger partial charge in [-0.05, 0) is 38.1 Å². The van der Waals surface area contributed by atoms with Crippen molar-refractivity contribution in [3.63, 3.8) is 0 Å². The number of benzene rings is 1. The summed E-state index contributed by atoms with van der Waals surface area (Å²) in [6.07, 6.45) is 0.809. The van der Waals surface area contributed by atoms with Crippen LogP contribution in [0.5, 0.6) is 0 Å². The van der Waals surface area contributed by atoms with E-state index in [0.717, 1.165) is 17.8 Å². The van der Waals surface area contributed by atoms with Gasteiger partial charge in [0.2, 0.25) is 0 Å². The number of aromatic nitrogens is 2. The zero-order valence-electron chi connectivity index (χ0n) is 11.2. The molecule has 0 N–H and O–H groups in total. The molecular weight excluding hydrogens is 245 g/mol. The van der Waals surface area contributed by atoms with Crippen molar-refractivity contribution in [3.05, 3.63) is 41.3 Å². The summed E-state index contributed by atoms with van der Waals surface area (Å²) in [7, 11) is 1.79. The Kier molecular flexibility index (Phi) is 3.64. The molecule has 0 unspecified atom stereocenters. The Hall–Kier alpha value is -2.17.